The number of ether oxygens (including phenoxy) is 1. The molecule has 0 spiro atoms. The van der Waals surface area contributed by atoms with Crippen molar-refractivity contribution in [2.75, 3.05) is 12.3 Å². The quantitative estimate of drug-likeness (QED) is 0.603. The average molecular weight is 405 g/mol. The Balaban J connectivity index is 1.70. The molecule has 0 bridgehead atoms. The maximum absolute atomic E-state index is 12.6. The molecule has 0 aliphatic rings. The summed E-state index contributed by atoms with van der Waals surface area (Å²) in [7, 11) is 0. The van der Waals surface area contributed by atoms with Crippen molar-refractivity contribution < 1.29 is 27.2 Å². The fourth-order valence-electron chi connectivity index (χ4n) is 2.74. The molecular formula is C20H18F3N3O3. The lowest BCUT2D eigenvalue weighted by molar-refractivity contribution is -0.274. The van der Waals surface area contributed by atoms with Crippen LogP contribution in [-0.4, -0.2) is 24.0 Å². The van der Waals surface area contributed by atoms with Crippen molar-refractivity contribution in [1.82, 2.24) is 10.5 Å². The molecule has 0 aliphatic heterocycles. The molecule has 6 nitrogen and oxygen atoms in total. The summed E-state index contributed by atoms with van der Waals surface area (Å²) in [6.45, 7) is 1.99. The van der Waals surface area contributed by atoms with Crippen LogP contribution in [0.3, 0.4) is 0 Å². The van der Waals surface area contributed by atoms with Crippen molar-refractivity contribution in [3.05, 3.63) is 65.4 Å². The van der Waals surface area contributed by atoms with Crippen LogP contribution in [-0.2, 0) is 6.42 Å². The summed E-state index contributed by atoms with van der Waals surface area (Å²) in [5.74, 6) is -0.581. The van der Waals surface area contributed by atoms with Crippen LogP contribution in [0.15, 0.2) is 53.1 Å². The van der Waals surface area contributed by atoms with E-state index >= 15 is 0 Å². The fourth-order valence-corrected chi connectivity index (χ4v) is 2.74. The minimum absolute atomic E-state index is 0.172. The number of hydrogen-bond donors (Lipinski definition) is 2. The number of benzene rings is 2. The summed E-state index contributed by atoms with van der Waals surface area (Å²) >= 11 is 0. The zero-order valence-corrected chi connectivity index (χ0v) is 15.4. The standard InChI is InChI=1S/C20H18F3N3O3/c1-12-17(19(27)25-11-10-13-2-6-15(24)7-3-13)18(29-26-12)14-4-8-16(9-5-14)28-20(21,22)23/h2-9H,10-11,24H2,1H3,(H,25,27). The van der Waals surface area contributed by atoms with Gasteiger partial charge in [0.1, 0.15) is 11.3 Å². The van der Waals surface area contributed by atoms with E-state index in [4.69, 9.17) is 10.3 Å². The number of nitrogen functional groups attached to an aromatic ring is 1. The smallest absolute Gasteiger partial charge is 0.406 e. The van der Waals surface area contributed by atoms with E-state index in [2.05, 4.69) is 15.2 Å². The topological polar surface area (TPSA) is 90.4 Å². The third-order valence-electron chi connectivity index (χ3n) is 4.12. The second-order valence-electron chi connectivity index (χ2n) is 6.29. The van der Waals surface area contributed by atoms with Gasteiger partial charge in [-0.3, -0.25) is 4.79 Å². The third kappa shape index (κ3) is 5.28. The number of nitrogens with zero attached hydrogens (tertiary/aromatic N) is 1. The number of carbonyl (C=O) groups excluding carboxylic acids is 1. The molecule has 29 heavy (non-hydrogen) atoms. The number of aryl methyl sites for hydroxylation is 1. The Labute approximate surface area is 164 Å². The summed E-state index contributed by atoms with van der Waals surface area (Å²) in [5.41, 5.74) is 8.33. The molecule has 0 aliphatic carbocycles. The molecule has 1 aromatic heterocycles. The van der Waals surface area contributed by atoms with Gasteiger partial charge in [-0.15, -0.1) is 13.2 Å². The van der Waals surface area contributed by atoms with Crippen molar-refractivity contribution in [3.8, 4) is 17.1 Å². The van der Waals surface area contributed by atoms with Gasteiger partial charge in [0.15, 0.2) is 5.76 Å². The average Bonchev–Trinajstić information content (AvgIpc) is 3.04. The number of halogens is 3. The van der Waals surface area contributed by atoms with Gasteiger partial charge in [0, 0.05) is 17.8 Å². The molecule has 1 heterocycles. The van der Waals surface area contributed by atoms with Gasteiger partial charge in [0.25, 0.3) is 5.91 Å². The first kappa shape index (κ1) is 20.2. The number of carbonyl (C=O) groups is 1. The molecule has 3 N–H and O–H groups in total. The van der Waals surface area contributed by atoms with E-state index < -0.39 is 6.36 Å². The van der Waals surface area contributed by atoms with E-state index in [9.17, 15) is 18.0 Å². The monoisotopic (exact) mass is 405 g/mol. The van der Waals surface area contributed by atoms with Gasteiger partial charge in [-0.1, -0.05) is 17.3 Å². The van der Waals surface area contributed by atoms with Gasteiger partial charge in [0.05, 0.1) is 5.69 Å². The van der Waals surface area contributed by atoms with Gasteiger partial charge in [-0.25, -0.2) is 0 Å². The van der Waals surface area contributed by atoms with E-state index in [1.54, 1.807) is 19.1 Å². The van der Waals surface area contributed by atoms with E-state index in [1.807, 2.05) is 12.1 Å². The first-order valence-corrected chi connectivity index (χ1v) is 8.68. The van der Waals surface area contributed by atoms with E-state index in [1.165, 1.54) is 12.1 Å². The summed E-state index contributed by atoms with van der Waals surface area (Å²) in [6, 6.07) is 12.3. The molecular weight excluding hydrogens is 387 g/mol. The highest BCUT2D eigenvalue weighted by molar-refractivity contribution is 6.00. The van der Waals surface area contributed by atoms with Crippen molar-refractivity contribution in [3.63, 3.8) is 0 Å². The molecule has 0 atom stereocenters. The predicted octanol–water partition coefficient (Wildman–Crippen LogP) is 4.10. The molecule has 3 aromatic rings. The zero-order valence-electron chi connectivity index (χ0n) is 15.4. The lowest BCUT2D eigenvalue weighted by Crippen LogP contribution is -2.26. The molecule has 0 fully saturated rings. The minimum Gasteiger partial charge on any atom is -0.406 e. The largest absolute Gasteiger partial charge is 0.573 e. The number of amides is 1. The number of rotatable bonds is 6. The lowest BCUT2D eigenvalue weighted by atomic mass is 10.1. The van der Waals surface area contributed by atoms with Gasteiger partial charge >= 0.3 is 6.36 Å². The summed E-state index contributed by atoms with van der Waals surface area (Å²) in [5, 5.41) is 6.61. The number of aromatic nitrogens is 1. The Morgan fingerprint density at radius 2 is 1.79 bits per heavy atom. The molecule has 9 heteroatoms. The van der Waals surface area contributed by atoms with Crippen LogP contribution in [0.2, 0.25) is 0 Å². The number of anilines is 1. The van der Waals surface area contributed by atoms with E-state index in [-0.39, 0.29) is 23.0 Å². The molecule has 2 aromatic carbocycles. The molecule has 0 radical (unpaired) electrons. The molecule has 0 unspecified atom stereocenters. The van der Waals surface area contributed by atoms with Crippen LogP contribution in [0.25, 0.3) is 11.3 Å². The van der Waals surface area contributed by atoms with Crippen LogP contribution < -0.4 is 15.8 Å². The van der Waals surface area contributed by atoms with Gasteiger partial charge in [-0.05, 0) is 55.3 Å². The van der Waals surface area contributed by atoms with Crippen LogP contribution in [0.1, 0.15) is 21.6 Å². The van der Waals surface area contributed by atoms with Crippen molar-refractivity contribution in [1.29, 1.82) is 0 Å². The number of nitrogens with one attached hydrogen (secondary N) is 1. The van der Waals surface area contributed by atoms with Crippen molar-refractivity contribution >= 4 is 11.6 Å². The highest BCUT2D eigenvalue weighted by Gasteiger charge is 2.31. The summed E-state index contributed by atoms with van der Waals surface area (Å²) in [4.78, 5) is 12.6. The fraction of sp³-hybridized carbons (Fsp3) is 0.200. The molecule has 0 saturated carbocycles. The Morgan fingerprint density at radius 1 is 1.14 bits per heavy atom. The third-order valence-corrected chi connectivity index (χ3v) is 4.12. The SMILES string of the molecule is Cc1noc(-c2ccc(OC(F)(F)F)cc2)c1C(=O)NCCc1ccc(N)cc1. The number of hydrogen-bond acceptors (Lipinski definition) is 5. The second kappa shape index (κ2) is 8.26. The van der Waals surface area contributed by atoms with Crippen LogP contribution >= 0.6 is 0 Å². The second-order valence-corrected chi connectivity index (χ2v) is 6.29. The summed E-state index contributed by atoms with van der Waals surface area (Å²) in [6.07, 6.45) is -4.17. The number of nitrogens with two attached hydrogens (primary N) is 1. The van der Waals surface area contributed by atoms with Gasteiger partial charge < -0.3 is 20.3 Å². The van der Waals surface area contributed by atoms with Gasteiger partial charge in [0.2, 0.25) is 0 Å². The zero-order chi connectivity index (χ0) is 21.0. The molecule has 3 rings (SSSR count). The molecule has 152 valence electrons. The Morgan fingerprint density at radius 3 is 2.41 bits per heavy atom. The normalized spacial score (nSPS) is 11.3. The van der Waals surface area contributed by atoms with Crippen molar-refractivity contribution in [2.24, 2.45) is 0 Å². The first-order chi connectivity index (χ1) is 13.7. The van der Waals surface area contributed by atoms with E-state index in [0.717, 1.165) is 17.7 Å². The number of alkyl halides is 3. The molecule has 1 amide bonds. The Hall–Kier alpha value is -3.49. The van der Waals surface area contributed by atoms with E-state index in [0.29, 0.717) is 29.9 Å². The maximum Gasteiger partial charge on any atom is 0.573 e. The Kier molecular flexibility index (Phi) is 5.76. The van der Waals surface area contributed by atoms with Crippen molar-refractivity contribution in [2.45, 2.75) is 19.7 Å². The predicted molar refractivity (Wildman–Crippen MR) is 100 cm³/mol. The minimum atomic E-state index is -4.78. The van der Waals surface area contributed by atoms with Gasteiger partial charge in [-0.2, -0.15) is 0 Å². The highest BCUT2D eigenvalue weighted by atomic mass is 19.4. The first-order valence-electron chi connectivity index (χ1n) is 8.68. The lowest BCUT2D eigenvalue weighted by Gasteiger charge is -2.09. The molecule has 0 saturated heterocycles. The summed E-state index contributed by atoms with van der Waals surface area (Å²) < 4.78 is 45.9. The van der Waals surface area contributed by atoms with Crippen LogP contribution in [0.4, 0.5) is 18.9 Å². The highest BCUT2D eigenvalue weighted by Crippen LogP contribution is 2.29. The Bertz CT molecular complexity index is 981. The van der Waals surface area contributed by atoms with Crippen LogP contribution in [0.5, 0.6) is 5.75 Å². The maximum atomic E-state index is 12.6. The van der Waals surface area contributed by atoms with Crippen LogP contribution in [0, 0.1) is 6.92 Å².